The number of carbonyl (C=O) groups excluding carboxylic acids is 2. The molecule has 0 bridgehead atoms. The SMILES string of the molecule is Cc1nn(C)c(C)c1NC(=O)[C@H](C)OC(=O)c1ccncc1. The van der Waals surface area contributed by atoms with E-state index in [1.807, 2.05) is 6.92 Å². The van der Waals surface area contributed by atoms with Crippen molar-refractivity contribution in [2.24, 2.45) is 7.05 Å². The largest absolute Gasteiger partial charge is 0.449 e. The van der Waals surface area contributed by atoms with Crippen LogP contribution in [0.5, 0.6) is 0 Å². The number of nitrogens with zero attached hydrogens (tertiary/aromatic N) is 3. The summed E-state index contributed by atoms with van der Waals surface area (Å²) in [6, 6.07) is 3.06. The van der Waals surface area contributed by atoms with Crippen LogP contribution in [0.4, 0.5) is 5.69 Å². The molecule has 1 N–H and O–H groups in total. The average Bonchev–Trinajstić information content (AvgIpc) is 2.74. The van der Waals surface area contributed by atoms with Crippen LogP contribution in [0.2, 0.25) is 0 Å². The van der Waals surface area contributed by atoms with Gasteiger partial charge in [0.2, 0.25) is 0 Å². The molecule has 2 aromatic heterocycles. The molecule has 0 fully saturated rings. The van der Waals surface area contributed by atoms with E-state index in [4.69, 9.17) is 4.74 Å². The summed E-state index contributed by atoms with van der Waals surface area (Å²) in [5.74, 6) is -0.966. The zero-order valence-electron chi connectivity index (χ0n) is 13.0. The summed E-state index contributed by atoms with van der Waals surface area (Å²) in [5, 5.41) is 6.96. The second-order valence-electron chi connectivity index (χ2n) is 4.94. The van der Waals surface area contributed by atoms with Crippen molar-refractivity contribution in [1.82, 2.24) is 14.8 Å². The van der Waals surface area contributed by atoms with Crippen LogP contribution in [0.15, 0.2) is 24.5 Å². The van der Waals surface area contributed by atoms with Gasteiger partial charge in [0.25, 0.3) is 5.91 Å². The van der Waals surface area contributed by atoms with Gasteiger partial charge >= 0.3 is 5.97 Å². The fraction of sp³-hybridized carbons (Fsp3) is 0.333. The molecule has 0 aliphatic carbocycles. The molecule has 2 rings (SSSR count). The number of anilines is 1. The molecule has 0 aliphatic rings. The van der Waals surface area contributed by atoms with Crippen LogP contribution in [-0.4, -0.2) is 32.7 Å². The number of rotatable bonds is 4. The normalized spacial score (nSPS) is 11.8. The summed E-state index contributed by atoms with van der Waals surface area (Å²) in [5.41, 5.74) is 2.53. The third kappa shape index (κ3) is 3.30. The molecule has 22 heavy (non-hydrogen) atoms. The lowest BCUT2D eigenvalue weighted by Gasteiger charge is -2.13. The van der Waals surface area contributed by atoms with E-state index in [2.05, 4.69) is 15.4 Å². The smallest absolute Gasteiger partial charge is 0.339 e. The molecular weight excluding hydrogens is 284 g/mol. The van der Waals surface area contributed by atoms with Gasteiger partial charge < -0.3 is 10.1 Å². The van der Waals surface area contributed by atoms with Gasteiger partial charge in [-0.2, -0.15) is 5.10 Å². The average molecular weight is 302 g/mol. The van der Waals surface area contributed by atoms with Crippen molar-refractivity contribution in [2.45, 2.75) is 26.9 Å². The highest BCUT2D eigenvalue weighted by Crippen LogP contribution is 2.18. The number of hydrogen-bond acceptors (Lipinski definition) is 5. The first-order valence-electron chi connectivity index (χ1n) is 6.82. The molecule has 7 heteroatoms. The molecule has 7 nitrogen and oxygen atoms in total. The van der Waals surface area contributed by atoms with Crippen LogP contribution in [0.25, 0.3) is 0 Å². The van der Waals surface area contributed by atoms with Gasteiger partial charge in [-0.05, 0) is 32.9 Å². The van der Waals surface area contributed by atoms with Gasteiger partial charge in [0.05, 0.1) is 22.6 Å². The van der Waals surface area contributed by atoms with Crippen molar-refractivity contribution in [3.05, 3.63) is 41.5 Å². The summed E-state index contributed by atoms with van der Waals surface area (Å²) in [6.07, 6.45) is 2.06. The summed E-state index contributed by atoms with van der Waals surface area (Å²) in [4.78, 5) is 27.9. The number of aromatic nitrogens is 3. The quantitative estimate of drug-likeness (QED) is 0.867. The molecule has 0 unspecified atom stereocenters. The van der Waals surface area contributed by atoms with Crippen LogP contribution in [0, 0.1) is 13.8 Å². The van der Waals surface area contributed by atoms with Crippen LogP contribution in [0.1, 0.15) is 28.7 Å². The molecule has 1 amide bonds. The van der Waals surface area contributed by atoms with Crippen molar-refractivity contribution < 1.29 is 14.3 Å². The highest BCUT2D eigenvalue weighted by atomic mass is 16.5. The maximum atomic E-state index is 12.2. The van der Waals surface area contributed by atoms with E-state index in [1.54, 1.807) is 18.7 Å². The van der Waals surface area contributed by atoms with Crippen molar-refractivity contribution in [2.75, 3.05) is 5.32 Å². The topological polar surface area (TPSA) is 86.1 Å². The summed E-state index contributed by atoms with van der Waals surface area (Å²) in [7, 11) is 1.80. The minimum absolute atomic E-state index is 0.350. The molecular formula is C15H18N4O3. The first-order valence-corrected chi connectivity index (χ1v) is 6.82. The van der Waals surface area contributed by atoms with Gasteiger partial charge in [0.15, 0.2) is 6.10 Å². The first-order chi connectivity index (χ1) is 10.4. The predicted octanol–water partition coefficient (Wildman–Crippen LogP) is 1.62. The van der Waals surface area contributed by atoms with E-state index >= 15 is 0 Å². The van der Waals surface area contributed by atoms with E-state index in [-0.39, 0.29) is 0 Å². The Balaban J connectivity index is 2.02. The zero-order chi connectivity index (χ0) is 16.3. The Kier molecular flexibility index (Phi) is 4.55. The van der Waals surface area contributed by atoms with E-state index < -0.39 is 18.0 Å². The number of amides is 1. The fourth-order valence-electron chi connectivity index (χ4n) is 1.95. The number of aryl methyl sites for hydroxylation is 2. The Labute approximate surface area is 128 Å². The molecule has 0 aromatic carbocycles. The number of pyridine rings is 1. The van der Waals surface area contributed by atoms with Gasteiger partial charge in [0, 0.05) is 19.4 Å². The van der Waals surface area contributed by atoms with Crippen molar-refractivity contribution >= 4 is 17.6 Å². The van der Waals surface area contributed by atoms with Gasteiger partial charge in [-0.15, -0.1) is 0 Å². The first kappa shape index (κ1) is 15.7. The predicted molar refractivity (Wildman–Crippen MR) is 80.4 cm³/mol. The Bertz CT molecular complexity index is 694. The summed E-state index contributed by atoms with van der Waals surface area (Å²) < 4.78 is 6.83. The zero-order valence-corrected chi connectivity index (χ0v) is 13.0. The van der Waals surface area contributed by atoms with Crippen LogP contribution < -0.4 is 5.32 Å². The van der Waals surface area contributed by atoms with Crippen LogP contribution in [-0.2, 0) is 16.6 Å². The molecule has 0 aliphatic heterocycles. The van der Waals surface area contributed by atoms with Gasteiger partial charge in [-0.1, -0.05) is 0 Å². The highest BCUT2D eigenvalue weighted by molar-refractivity contribution is 5.97. The van der Waals surface area contributed by atoms with Crippen LogP contribution in [0.3, 0.4) is 0 Å². The lowest BCUT2D eigenvalue weighted by atomic mass is 10.2. The second-order valence-corrected chi connectivity index (χ2v) is 4.94. The van der Waals surface area contributed by atoms with E-state index in [1.165, 1.54) is 31.5 Å². The van der Waals surface area contributed by atoms with Crippen LogP contribution >= 0.6 is 0 Å². The highest BCUT2D eigenvalue weighted by Gasteiger charge is 2.21. The number of nitrogens with one attached hydrogen (secondary N) is 1. The molecule has 1 atom stereocenters. The summed E-state index contributed by atoms with van der Waals surface area (Å²) >= 11 is 0. The molecule has 0 spiro atoms. The van der Waals surface area contributed by atoms with Crippen molar-refractivity contribution in [3.8, 4) is 0 Å². The standard InChI is InChI=1S/C15H18N4O3/c1-9-13(10(2)19(4)18-9)17-14(20)11(3)22-15(21)12-5-7-16-8-6-12/h5-8,11H,1-4H3,(H,17,20)/t11-/m0/s1. The minimum atomic E-state index is -0.917. The van der Waals surface area contributed by atoms with Crippen molar-refractivity contribution in [1.29, 1.82) is 0 Å². The maximum absolute atomic E-state index is 12.2. The molecule has 0 saturated heterocycles. The molecule has 0 saturated carbocycles. The molecule has 0 radical (unpaired) electrons. The minimum Gasteiger partial charge on any atom is -0.449 e. The molecule has 2 heterocycles. The van der Waals surface area contributed by atoms with E-state index in [0.717, 1.165) is 5.69 Å². The lowest BCUT2D eigenvalue weighted by Crippen LogP contribution is -2.30. The van der Waals surface area contributed by atoms with Crippen molar-refractivity contribution in [3.63, 3.8) is 0 Å². The van der Waals surface area contributed by atoms with Gasteiger partial charge in [0.1, 0.15) is 0 Å². The van der Waals surface area contributed by atoms with E-state index in [0.29, 0.717) is 16.9 Å². The lowest BCUT2D eigenvalue weighted by molar-refractivity contribution is -0.123. The Hall–Kier alpha value is -2.70. The number of hydrogen-bond donors (Lipinski definition) is 1. The molecule has 2 aromatic rings. The van der Waals surface area contributed by atoms with E-state index in [9.17, 15) is 9.59 Å². The van der Waals surface area contributed by atoms with Gasteiger partial charge in [-0.3, -0.25) is 14.5 Å². The molecule has 116 valence electrons. The third-order valence-electron chi connectivity index (χ3n) is 3.33. The number of ether oxygens (including phenoxy) is 1. The third-order valence-corrected chi connectivity index (χ3v) is 3.33. The van der Waals surface area contributed by atoms with Gasteiger partial charge in [-0.25, -0.2) is 4.79 Å². The Morgan fingerprint density at radius 1 is 1.27 bits per heavy atom. The fourth-order valence-corrected chi connectivity index (χ4v) is 1.95. The number of esters is 1. The Morgan fingerprint density at radius 2 is 1.91 bits per heavy atom. The Morgan fingerprint density at radius 3 is 2.45 bits per heavy atom. The summed E-state index contributed by atoms with van der Waals surface area (Å²) in [6.45, 7) is 5.18. The second kappa shape index (κ2) is 6.38. The maximum Gasteiger partial charge on any atom is 0.339 e. The monoisotopic (exact) mass is 302 g/mol. The number of carbonyl (C=O) groups is 2.